The van der Waals surface area contributed by atoms with Crippen LogP contribution in [0.25, 0.3) is 0 Å². The maximum Gasteiger partial charge on any atom is 0.240 e. The van der Waals surface area contributed by atoms with Crippen LogP contribution < -0.4 is 15.2 Å². The van der Waals surface area contributed by atoms with Gasteiger partial charge in [0.05, 0.1) is 10.6 Å². The van der Waals surface area contributed by atoms with Crippen LogP contribution in [0, 0.1) is 0 Å². The van der Waals surface area contributed by atoms with Crippen molar-refractivity contribution >= 4 is 43.2 Å². The fourth-order valence-corrected chi connectivity index (χ4v) is 4.19. The minimum Gasteiger partial charge on any atom is -0.326 e. The maximum absolute atomic E-state index is 12.1. The Morgan fingerprint density at radius 2 is 1.74 bits per heavy atom. The van der Waals surface area contributed by atoms with Gasteiger partial charge in [-0.25, -0.2) is 26.7 Å². The van der Waals surface area contributed by atoms with Gasteiger partial charge in [-0.3, -0.25) is 4.79 Å². The van der Waals surface area contributed by atoms with Crippen molar-refractivity contribution in [3.05, 3.63) is 59.1 Å². The molecule has 2 aromatic rings. The summed E-state index contributed by atoms with van der Waals surface area (Å²) in [5.74, 6) is -0.785. The molecule has 0 unspecified atom stereocenters. The number of primary sulfonamides is 1. The van der Waals surface area contributed by atoms with Crippen molar-refractivity contribution in [1.29, 1.82) is 0 Å². The Morgan fingerprint density at radius 1 is 1.04 bits per heavy atom. The second-order valence-corrected chi connectivity index (χ2v) is 9.48. The average molecular weight is 432 g/mol. The predicted octanol–water partition coefficient (Wildman–Crippen LogP) is 1.44. The van der Waals surface area contributed by atoms with Crippen LogP contribution in [0.15, 0.2) is 53.4 Å². The van der Waals surface area contributed by atoms with E-state index < -0.39 is 26.0 Å². The molecule has 146 valence electrons. The van der Waals surface area contributed by atoms with Crippen LogP contribution in [0.1, 0.15) is 12.0 Å². The van der Waals surface area contributed by atoms with E-state index in [0.717, 1.165) is 0 Å². The van der Waals surface area contributed by atoms with E-state index in [-0.39, 0.29) is 28.6 Å². The monoisotopic (exact) mass is 431 g/mol. The average Bonchev–Trinajstić information content (AvgIpc) is 2.53. The molecule has 0 aliphatic rings. The molecule has 11 heteroatoms. The molecule has 0 saturated carbocycles. The molecule has 0 aromatic heterocycles. The molecule has 0 heterocycles. The summed E-state index contributed by atoms with van der Waals surface area (Å²) in [6.07, 6.45) is -0.112. The molecule has 0 saturated heterocycles. The molecular weight excluding hydrogens is 414 g/mol. The largest absolute Gasteiger partial charge is 0.326 e. The van der Waals surface area contributed by atoms with E-state index in [1.165, 1.54) is 24.3 Å². The van der Waals surface area contributed by atoms with Gasteiger partial charge in [0.25, 0.3) is 0 Å². The fourth-order valence-electron chi connectivity index (χ4n) is 2.21. The Hall–Kier alpha value is -1.98. The van der Waals surface area contributed by atoms with Gasteiger partial charge in [0, 0.05) is 23.7 Å². The minimum atomic E-state index is -3.77. The van der Waals surface area contributed by atoms with Crippen LogP contribution in [0.3, 0.4) is 0 Å². The summed E-state index contributed by atoms with van der Waals surface area (Å²) >= 11 is 5.78. The quantitative estimate of drug-likeness (QED) is 0.581. The summed E-state index contributed by atoms with van der Waals surface area (Å²) in [7, 11) is -7.45. The maximum atomic E-state index is 12.1. The number of carbonyl (C=O) groups is 1. The van der Waals surface area contributed by atoms with Crippen LogP contribution in [0.4, 0.5) is 5.69 Å². The van der Waals surface area contributed by atoms with Crippen LogP contribution in [-0.4, -0.2) is 29.3 Å². The van der Waals surface area contributed by atoms with Gasteiger partial charge in [-0.05, 0) is 35.9 Å². The van der Waals surface area contributed by atoms with E-state index >= 15 is 0 Å². The highest BCUT2D eigenvalue weighted by molar-refractivity contribution is 7.89. The van der Waals surface area contributed by atoms with Gasteiger partial charge in [0.2, 0.25) is 26.0 Å². The van der Waals surface area contributed by atoms with E-state index in [1.807, 2.05) is 0 Å². The van der Waals surface area contributed by atoms with Crippen molar-refractivity contribution in [3.8, 4) is 0 Å². The third kappa shape index (κ3) is 7.27. The van der Waals surface area contributed by atoms with Crippen LogP contribution in [0.2, 0.25) is 5.02 Å². The van der Waals surface area contributed by atoms with Gasteiger partial charge < -0.3 is 5.32 Å². The smallest absolute Gasteiger partial charge is 0.240 e. The number of anilines is 1. The normalized spacial score (nSPS) is 11.9. The Morgan fingerprint density at radius 3 is 2.41 bits per heavy atom. The molecule has 4 N–H and O–H groups in total. The second kappa shape index (κ2) is 8.81. The highest BCUT2D eigenvalue weighted by Crippen LogP contribution is 2.15. The van der Waals surface area contributed by atoms with Gasteiger partial charge in [0.1, 0.15) is 0 Å². The number of halogens is 1. The number of carbonyl (C=O) groups excluding carboxylic acids is 1. The third-order valence-corrected chi connectivity index (χ3v) is 5.76. The highest BCUT2D eigenvalue weighted by Gasteiger charge is 2.14. The molecule has 2 aromatic carbocycles. The first-order chi connectivity index (χ1) is 12.5. The van der Waals surface area contributed by atoms with Crippen molar-refractivity contribution in [1.82, 2.24) is 4.72 Å². The molecule has 0 aliphatic heterocycles. The number of nitrogens with two attached hydrogens (primary N) is 1. The fraction of sp³-hybridized carbons (Fsp3) is 0.188. The van der Waals surface area contributed by atoms with E-state index in [2.05, 4.69) is 10.0 Å². The predicted molar refractivity (Wildman–Crippen MR) is 103 cm³/mol. The molecule has 27 heavy (non-hydrogen) atoms. The van der Waals surface area contributed by atoms with Gasteiger partial charge >= 0.3 is 0 Å². The number of benzene rings is 2. The Balaban J connectivity index is 1.90. The third-order valence-electron chi connectivity index (χ3n) is 3.33. The SMILES string of the molecule is NS(=O)(=O)Cc1cccc(NC(=O)CCNS(=O)(=O)c2cccc(Cl)c2)c1. The van der Waals surface area contributed by atoms with Crippen LogP contribution >= 0.6 is 11.6 Å². The summed E-state index contributed by atoms with van der Waals surface area (Å²) in [5.41, 5.74) is 0.816. The molecule has 2 rings (SSSR count). The van der Waals surface area contributed by atoms with E-state index in [0.29, 0.717) is 11.3 Å². The first-order valence-electron chi connectivity index (χ1n) is 7.70. The van der Waals surface area contributed by atoms with Gasteiger partial charge in [-0.1, -0.05) is 29.8 Å². The first kappa shape index (κ1) is 21.3. The number of amides is 1. The number of rotatable bonds is 8. The van der Waals surface area contributed by atoms with Crippen molar-refractivity contribution in [2.24, 2.45) is 5.14 Å². The number of hydrogen-bond donors (Lipinski definition) is 3. The Labute approximate surface area is 162 Å². The molecule has 0 fully saturated rings. The first-order valence-corrected chi connectivity index (χ1v) is 11.3. The zero-order valence-electron chi connectivity index (χ0n) is 14.1. The molecule has 0 aliphatic carbocycles. The molecular formula is C16H18ClN3O5S2. The van der Waals surface area contributed by atoms with Gasteiger partial charge in [-0.2, -0.15) is 0 Å². The summed E-state index contributed by atoms with van der Waals surface area (Å²) in [5, 5.41) is 7.85. The number of nitrogens with one attached hydrogen (secondary N) is 2. The standard InChI is InChI=1S/C16H18ClN3O5S2/c17-13-4-2-6-15(10-13)27(24,25)19-8-7-16(21)20-14-5-1-3-12(9-14)11-26(18,22)23/h1-6,9-10,19H,7-8,11H2,(H,20,21)(H2,18,22,23). The molecule has 0 bridgehead atoms. The number of hydrogen-bond acceptors (Lipinski definition) is 5. The highest BCUT2D eigenvalue weighted by atomic mass is 35.5. The number of sulfonamides is 2. The van der Waals surface area contributed by atoms with Gasteiger partial charge in [-0.15, -0.1) is 0 Å². The summed E-state index contributed by atoms with van der Waals surface area (Å²) in [4.78, 5) is 12.0. The van der Waals surface area contributed by atoms with Crippen molar-refractivity contribution in [2.45, 2.75) is 17.1 Å². The summed E-state index contributed by atoms with van der Waals surface area (Å²) in [6.45, 7) is -0.114. The molecule has 0 radical (unpaired) electrons. The van der Waals surface area contributed by atoms with Crippen molar-refractivity contribution in [3.63, 3.8) is 0 Å². The molecule has 0 spiro atoms. The lowest BCUT2D eigenvalue weighted by Gasteiger charge is -2.09. The zero-order valence-corrected chi connectivity index (χ0v) is 16.4. The second-order valence-electron chi connectivity index (χ2n) is 5.66. The summed E-state index contributed by atoms with van der Waals surface area (Å²) in [6, 6.07) is 12.0. The topological polar surface area (TPSA) is 135 Å². The Kier molecular flexibility index (Phi) is 6.95. The van der Waals surface area contributed by atoms with Crippen molar-refractivity contribution < 1.29 is 21.6 Å². The lowest BCUT2D eigenvalue weighted by Crippen LogP contribution is -2.27. The minimum absolute atomic E-state index is 0.00565. The van der Waals surface area contributed by atoms with Crippen LogP contribution in [0.5, 0.6) is 0 Å². The summed E-state index contributed by atoms with van der Waals surface area (Å²) < 4.78 is 48.8. The lowest BCUT2D eigenvalue weighted by atomic mass is 10.2. The Bertz CT molecular complexity index is 1040. The zero-order chi connectivity index (χ0) is 20.1. The van der Waals surface area contributed by atoms with E-state index in [9.17, 15) is 21.6 Å². The molecule has 8 nitrogen and oxygen atoms in total. The lowest BCUT2D eigenvalue weighted by molar-refractivity contribution is -0.116. The van der Waals surface area contributed by atoms with Gasteiger partial charge in [0.15, 0.2) is 0 Å². The van der Waals surface area contributed by atoms with E-state index in [1.54, 1.807) is 24.3 Å². The van der Waals surface area contributed by atoms with Crippen LogP contribution in [-0.2, 0) is 30.6 Å². The molecule has 0 atom stereocenters. The van der Waals surface area contributed by atoms with E-state index in [4.69, 9.17) is 16.7 Å². The molecule has 1 amide bonds. The van der Waals surface area contributed by atoms with Crippen molar-refractivity contribution in [2.75, 3.05) is 11.9 Å².